The molecule has 8 nitrogen and oxygen atoms in total. The average Bonchev–Trinajstić information content (AvgIpc) is 3.06. The van der Waals surface area contributed by atoms with Gasteiger partial charge in [-0.3, -0.25) is 0 Å². The van der Waals surface area contributed by atoms with Gasteiger partial charge in [-0.25, -0.2) is 4.98 Å². The summed E-state index contributed by atoms with van der Waals surface area (Å²) in [5, 5.41) is 39.6. The summed E-state index contributed by atoms with van der Waals surface area (Å²) >= 11 is 0. The number of pyridine rings is 1. The van der Waals surface area contributed by atoms with E-state index in [1.54, 1.807) is 24.3 Å². The van der Waals surface area contributed by atoms with E-state index in [9.17, 15) is 20.4 Å². The lowest BCUT2D eigenvalue weighted by atomic mass is 9.91. The predicted octanol–water partition coefficient (Wildman–Crippen LogP) is 0.950. The van der Waals surface area contributed by atoms with Crippen molar-refractivity contribution in [1.29, 1.82) is 0 Å². The summed E-state index contributed by atoms with van der Waals surface area (Å²) in [6.07, 6.45) is -2.30. The number of fused-ring (bicyclic) bond motifs is 1. The van der Waals surface area contributed by atoms with E-state index in [-0.39, 0.29) is 0 Å². The van der Waals surface area contributed by atoms with Crippen LogP contribution in [0, 0.1) is 6.92 Å². The average molecular weight is 386 g/mol. The highest BCUT2D eigenvalue weighted by molar-refractivity contribution is 5.44. The van der Waals surface area contributed by atoms with E-state index in [0.29, 0.717) is 17.1 Å². The molecule has 28 heavy (non-hydrogen) atoms. The van der Waals surface area contributed by atoms with Crippen LogP contribution >= 0.6 is 0 Å². The largest absolute Gasteiger partial charge is 0.456 e. The molecule has 2 aromatic heterocycles. The lowest BCUT2D eigenvalue weighted by Crippen LogP contribution is -2.55. The van der Waals surface area contributed by atoms with Crippen molar-refractivity contribution in [2.45, 2.75) is 37.4 Å². The Hall–Kier alpha value is -2.49. The van der Waals surface area contributed by atoms with Crippen molar-refractivity contribution in [3.8, 4) is 11.5 Å². The number of aromatic nitrogens is 2. The first-order valence-electron chi connectivity index (χ1n) is 9.00. The molecule has 3 heterocycles. The molecule has 1 saturated heterocycles. The Bertz CT molecular complexity index is 972. The van der Waals surface area contributed by atoms with Crippen molar-refractivity contribution in [2.24, 2.45) is 0 Å². The standard InChI is InChI=1S/C20H22N2O6/c1-11-8-22-9-14(5-6-16(22)21-11)27-13-4-2-3-12(7-13)20-19(26)18(25)17(24)15(10-23)28-20/h2-9,15,17-20,23-26H,10H2,1H3. The van der Waals surface area contributed by atoms with Gasteiger partial charge in [-0.1, -0.05) is 12.1 Å². The van der Waals surface area contributed by atoms with Gasteiger partial charge in [0.1, 0.15) is 47.7 Å². The van der Waals surface area contributed by atoms with Crippen molar-refractivity contribution in [3.05, 3.63) is 60.0 Å². The number of aliphatic hydroxyl groups excluding tert-OH is 4. The number of nitrogens with zero attached hydrogens (tertiary/aromatic N) is 2. The third-order valence-electron chi connectivity index (χ3n) is 4.86. The topological polar surface area (TPSA) is 117 Å². The van der Waals surface area contributed by atoms with Gasteiger partial charge in [0.05, 0.1) is 18.5 Å². The molecule has 0 aliphatic carbocycles. The normalized spacial score (nSPS) is 27.8. The molecule has 3 aromatic rings. The quantitative estimate of drug-likeness (QED) is 0.527. The molecule has 5 unspecified atom stereocenters. The Labute approximate surface area is 161 Å². The van der Waals surface area contributed by atoms with Crippen LogP contribution in [-0.4, -0.2) is 60.8 Å². The van der Waals surface area contributed by atoms with Crippen LogP contribution in [0.2, 0.25) is 0 Å². The predicted molar refractivity (Wildman–Crippen MR) is 99.2 cm³/mol. The van der Waals surface area contributed by atoms with Gasteiger partial charge in [0, 0.05) is 6.20 Å². The van der Waals surface area contributed by atoms with E-state index in [1.165, 1.54) is 0 Å². The number of rotatable bonds is 4. The molecule has 0 spiro atoms. The van der Waals surface area contributed by atoms with Gasteiger partial charge in [-0.2, -0.15) is 0 Å². The van der Waals surface area contributed by atoms with E-state index < -0.39 is 37.1 Å². The smallest absolute Gasteiger partial charge is 0.144 e. The van der Waals surface area contributed by atoms with Crippen LogP contribution in [0.15, 0.2) is 48.8 Å². The molecule has 148 valence electrons. The third-order valence-corrected chi connectivity index (χ3v) is 4.86. The highest BCUT2D eigenvalue weighted by Gasteiger charge is 2.43. The number of ether oxygens (including phenoxy) is 2. The number of hydrogen-bond acceptors (Lipinski definition) is 7. The zero-order valence-electron chi connectivity index (χ0n) is 15.2. The van der Waals surface area contributed by atoms with Crippen LogP contribution in [0.25, 0.3) is 5.65 Å². The van der Waals surface area contributed by atoms with Crippen LogP contribution in [0.5, 0.6) is 11.5 Å². The molecule has 5 atom stereocenters. The fraction of sp³-hybridized carbons (Fsp3) is 0.350. The lowest BCUT2D eigenvalue weighted by Gasteiger charge is -2.40. The molecule has 4 rings (SSSR count). The Morgan fingerprint density at radius 1 is 1.04 bits per heavy atom. The Kier molecular flexibility index (Phi) is 5.05. The second-order valence-electron chi connectivity index (χ2n) is 6.94. The van der Waals surface area contributed by atoms with Gasteiger partial charge in [0.2, 0.25) is 0 Å². The number of aliphatic hydroxyl groups is 4. The van der Waals surface area contributed by atoms with Gasteiger partial charge >= 0.3 is 0 Å². The van der Waals surface area contributed by atoms with Crippen molar-refractivity contribution in [1.82, 2.24) is 9.38 Å². The van der Waals surface area contributed by atoms with E-state index in [1.807, 2.05) is 35.9 Å². The van der Waals surface area contributed by atoms with E-state index in [0.717, 1.165) is 11.3 Å². The van der Waals surface area contributed by atoms with Gasteiger partial charge in [0.25, 0.3) is 0 Å². The molecule has 0 amide bonds. The van der Waals surface area contributed by atoms with Crippen molar-refractivity contribution >= 4 is 5.65 Å². The fourth-order valence-electron chi connectivity index (χ4n) is 3.43. The summed E-state index contributed by atoms with van der Waals surface area (Å²) in [4.78, 5) is 4.37. The zero-order valence-corrected chi connectivity index (χ0v) is 15.2. The molecule has 8 heteroatoms. The minimum atomic E-state index is -1.42. The van der Waals surface area contributed by atoms with E-state index >= 15 is 0 Å². The summed E-state index contributed by atoms with van der Waals surface area (Å²) in [5.74, 6) is 1.13. The second-order valence-corrected chi connectivity index (χ2v) is 6.94. The van der Waals surface area contributed by atoms with Gasteiger partial charge < -0.3 is 34.3 Å². The van der Waals surface area contributed by atoms with Gasteiger partial charge in [0.15, 0.2) is 0 Å². The molecular weight excluding hydrogens is 364 g/mol. The van der Waals surface area contributed by atoms with Crippen molar-refractivity contribution in [2.75, 3.05) is 6.61 Å². The first kappa shape index (κ1) is 18.9. The minimum Gasteiger partial charge on any atom is -0.456 e. The fourth-order valence-corrected chi connectivity index (χ4v) is 3.43. The molecular formula is C20H22N2O6. The summed E-state index contributed by atoms with van der Waals surface area (Å²) in [6, 6.07) is 10.6. The molecule has 0 radical (unpaired) electrons. The molecule has 0 bridgehead atoms. The second kappa shape index (κ2) is 7.50. The van der Waals surface area contributed by atoms with Gasteiger partial charge in [-0.05, 0) is 36.8 Å². The molecule has 0 saturated carbocycles. The Morgan fingerprint density at radius 2 is 1.86 bits per heavy atom. The van der Waals surface area contributed by atoms with E-state index in [2.05, 4.69) is 4.98 Å². The summed E-state index contributed by atoms with van der Waals surface area (Å²) in [5.41, 5.74) is 2.29. The van der Waals surface area contributed by atoms with Crippen LogP contribution in [0.1, 0.15) is 17.4 Å². The number of hydrogen-bond donors (Lipinski definition) is 4. The molecule has 1 aliphatic rings. The van der Waals surface area contributed by atoms with Gasteiger partial charge in [-0.15, -0.1) is 0 Å². The number of imidazole rings is 1. The zero-order chi connectivity index (χ0) is 19.8. The highest BCUT2D eigenvalue weighted by Crippen LogP contribution is 2.34. The SMILES string of the molecule is Cc1cn2cc(Oc3cccc(C4OC(CO)C(O)C(O)C4O)c3)ccc2n1. The maximum atomic E-state index is 10.3. The first-order valence-corrected chi connectivity index (χ1v) is 9.00. The minimum absolute atomic E-state index is 0.470. The molecule has 1 aromatic carbocycles. The van der Waals surface area contributed by atoms with Crippen LogP contribution < -0.4 is 4.74 Å². The summed E-state index contributed by atoms with van der Waals surface area (Å²) in [7, 11) is 0. The maximum Gasteiger partial charge on any atom is 0.144 e. The number of benzene rings is 1. The first-order chi connectivity index (χ1) is 13.5. The molecule has 1 aliphatic heterocycles. The maximum absolute atomic E-state index is 10.3. The highest BCUT2D eigenvalue weighted by atomic mass is 16.5. The monoisotopic (exact) mass is 386 g/mol. The molecule has 4 N–H and O–H groups in total. The number of aryl methyl sites for hydroxylation is 1. The Morgan fingerprint density at radius 3 is 2.64 bits per heavy atom. The summed E-state index contributed by atoms with van der Waals surface area (Å²) in [6.45, 7) is 1.44. The van der Waals surface area contributed by atoms with E-state index in [4.69, 9.17) is 9.47 Å². The summed E-state index contributed by atoms with van der Waals surface area (Å²) < 4.78 is 13.4. The third kappa shape index (κ3) is 3.48. The molecule has 1 fully saturated rings. The van der Waals surface area contributed by atoms with Crippen LogP contribution in [0.4, 0.5) is 0 Å². The van der Waals surface area contributed by atoms with Crippen molar-refractivity contribution in [3.63, 3.8) is 0 Å². The van der Waals surface area contributed by atoms with Crippen LogP contribution in [-0.2, 0) is 4.74 Å². The van der Waals surface area contributed by atoms with Crippen molar-refractivity contribution < 1.29 is 29.9 Å². The van der Waals surface area contributed by atoms with Crippen LogP contribution in [0.3, 0.4) is 0 Å². The lowest BCUT2D eigenvalue weighted by molar-refractivity contribution is -0.231. The Balaban J connectivity index is 1.58.